The molecular weight excluding hydrogens is 434 g/mol. The van der Waals surface area contributed by atoms with Crippen molar-refractivity contribution in [3.63, 3.8) is 0 Å². The van der Waals surface area contributed by atoms with Crippen molar-refractivity contribution in [2.24, 2.45) is 17.3 Å². The number of nitrogens with zero attached hydrogens (tertiary/aromatic N) is 7. The van der Waals surface area contributed by atoms with Gasteiger partial charge in [-0.2, -0.15) is 15.5 Å². The van der Waals surface area contributed by atoms with Crippen molar-refractivity contribution >= 4 is 17.3 Å². The van der Waals surface area contributed by atoms with Crippen LogP contribution in [0.15, 0.2) is 69.6 Å². The van der Waals surface area contributed by atoms with Crippen molar-refractivity contribution in [1.82, 2.24) is 19.3 Å². The van der Waals surface area contributed by atoms with Gasteiger partial charge >= 0.3 is 5.97 Å². The van der Waals surface area contributed by atoms with E-state index in [-0.39, 0.29) is 22.8 Å². The van der Waals surface area contributed by atoms with Crippen molar-refractivity contribution in [3.8, 4) is 23.3 Å². The average molecular weight is 453 g/mol. The fourth-order valence-electron chi connectivity index (χ4n) is 3.44. The van der Waals surface area contributed by atoms with Gasteiger partial charge in [-0.25, -0.2) is 14.5 Å². The zero-order valence-electron chi connectivity index (χ0n) is 18.6. The molecule has 1 N–H and O–H groups in total. The fraction of sp³-hybridized carbons (Fsp3) is 0.125. The summed E-state index contributed by atoms with van der Waals surface area (Å²) in [4.78, 5) is 28.6. The second-order valence-corrected chi connectivity index (χ2v) is 7.46. The van der Waals surface area contributed by atoms with Gasteiger partial charge < -0.3 is 5.11 Å². The Morgan fingerprint density at radius 3 is 2.35 bits per heavy atom. The Morgan fingerprint density at radius 2 is 1.74 bits per heavy atom. The molecular formula is C24H19N7O3. The van der Waals surface area contributed by atoms with Crippen LogP contribution in [-0.2, 0) is 7.05 Å². The monoisotopic (exact) mass is 453 g/mol. The molecule has 0 amide bonds. The number of azo groups is 1. The van der Waals surface area contributed by atoms with Crippen molar-refractivity contribution in [3.05, 3.63) is 87.5 Å². The summed E-state index contributed by atoms with van der Waals surface area (Å²) in [5.74, 6) is -0.789. The van der Waals surface area contributed by atoms with Crippen LogP contribution in [0.1, 0.15) is 27.3 Å². The number of aromatic carboxylic acids is 1. The number of nitriles is 1. The number of aromatic nitrogens is 4. The zero-order valence-corrected chi connectivity index (χ0v) is 18.6. The maximum Gasteiger partial charge on any atom is 0.335 e. The molecule has 0 fully saturated rings. The highest BCUT2D eigenvalue weighted by atomic mass is 16.4. The summed E-state index contributed by atoms with van der Waals surface area (Å²) in [5, 5.41) is 31.6. The van der Waals surface area contributed by atoms with Gasteiger partial charge in [-0.3, -0.25) is 9.36 Å². The molecule has 0 saturated heterocycles. The minimum absolute atomic E-state index is 0.0521. The normalized spacial score (nSPS) is 11.0. The van der Waals surface area contributed by atoms with E-state index in [1.165, 1.54) is 28.4 Å². The van der Waals surface area contributed by atoms with E-state index in [1.807, 2.05) is 12.1 Å². The third-order valence-electron chi connectivity index (χ3n) is 5.25. The lowest BCUT2D eigenvalue weighted by Crippen LogP contribution is -2.27. The number of hydrogen-bond acceptors (Lipinski definition) is 7. The molecule has 2 heterocycles. The molecule has 0 atom stereocenters. The van der Waals surface area contributed by atoms with E-state index in [0.717, 1.165) is 0 Å². The van der Waals surface area contributed by atoms with Gasteiger partial charge in [0.1, 0.15) is 17.3 Å². The summed E-state index contributed by atoms with van der Waals surface area (Å²) in [6.45, 7) is 3.53. The molecule has 0 radical (unpaired) electrons. The molecule has 4 rings (SSSR count). The predicted molar refractivity (Wildman–Crippen MR) is 124 cm³/mol. The van der Waals surface area contributed by atoms with Gasteiger partial charge in [-0.05, 0) is 38.1 Å². The van der Waals surface area contributed by atoms with Gasteiger partial charge in [0, 0.05) is 12.6 Å². The predicted octanol–water partition coefficient (Wildman–Crippen LogP) is 4.24. The summed E-state index contributed by atoms with van der Waals surface area (Å²) in [7, 11) is 1.53. The Kier molecular flexibility index (Phi) is 5.84. The van der Waals surface area contributed by atoms with E-state index < -0.39 is 11.5 Å². The number of rotatable bonds is 5. The van der Waals surface area contributed by atoms with Crippen molar-refractivity contribution < 1.29 is 9.90 Å². The summed E-state index contributed by atoms with van der Waals surface area (Å²) in [6.07, 6.45) is 0. The molecule has 0 aliphatic rings. The van der Waals surface area contributed by atoms with Gasteiger partial charge in [0.15, 0.2) is 0 Å². The highest BCUT2D eigenvalue weighted by Gasteiger charge is 2.21. The van der Waals surface area contributed by atoms with Crippen LogP contribution in [0.3, 0.4) is 0 Å². The molecule has 0 unspecified atom stereocenters. The van der Waals surface area contributed by atoms with Gasteiger partial charge in [0.2, 0.25) is 5.95 Å². The molecule has 0 aliphatic heterocycles. The first-order valence-electron chi connectivity index (χ1n) is 10.2. The lowest BCUT2D eigenvalue weighted by molar-refractivity contribution is 0.0697. The Hall–Kier alpha value is -4.91. The number of hydrogen-bond donors (Lipinski definition) is 1. The van der Waals surface area contributed by atoms with Crippen molar-refractivity contribution in [2.45, 2.75) is 13.8 Å². The van der Waals surface area contributed by atoms with Crippen LogP contribution in [0.5, 0.6) is 0 Å². The topological polar surface area (TPSA) is 139 Å². The summed E-state index contributed by atoms with van der Waals surface area (Å²) >= 11 is 0. The van der Waals surface area contributed by atoms with Crippen molar-refractivity contribution in [1.29, 1.82) is 5.26 Å². The highest BCUT2D eigenvalue weighted by molar-refractivity contribution is 5.87. The van der Waals surface area contributed by atoms with E-state index in [2.05, 4.69) is 20.3 Å². The molecule has 0 bridgehead atoms. The lowest BCUT2D eigenvalue weighted by atomic mass is 10.1. The molecule has 168 valence electrons. The standard InChI is InChI=1S/C24H19N7O3/c1-14-20(28-27-18-11-9-17(10-12-18)23(33)34)15(2)31(29-14)24-26-21(16-7-5-4-6-8-16)19(13-25)22(32)30(24)3/h4-12H,1-3H3,(H,33,34). The number of benzene rings is 2. The molecule has 10 heteroatoms. The van der Waals surface area contributed by atoms with Crippen LogP contribution < -0.4 is 5.56 Å². The lowest BCUT2D eigenvalue weighted by Gasteiger charge is -2.12. The van der Waals surface area contributed by atoms with Crippen LogP contribution in [0, 0.1) is 25.2 Å². The zero-order chi connectivity index (χ0) is 24.4. The van der Waals surface area contributed by atoms with Crippen molar-refractivity contribution in [2.75, 3.05) is 0 Å². The SMILES string of the molecule is Cc1nn(-c2nc(-c3ccccc3)c(C#N)c(=O)n2C)c(C)c1N=Nc1ccc(C(=O)O)cc1. The Balaban J connectivity index is 1.80. The first kappa shape index (κ1) is 22.3. The third-order valence-corrected chi connectivity index (χ3v) is 5.25. The second kappa shape index (κ2) is 8.91. The van der Waals surface area contributed by atoms with E-state index in [4.69, 9.17) is 5.11 Å². The van der Waals surface area contributed by atoms with Gasteiger partial charge in [0.25, 0.3) is 5.56 Å². The smallest absolute Gasteiger partial charge is 0.335 e. The summed E-state index contributed by atoms with van der Waals surface area (Å²) < 4.78 is 2.77. The molecule has 0 saturated carbocycles. The van der Waals surface area contributed by atoms with Crippen LogP contribution in [0.2, 0.25) is 0 Å². The molecule has 10 nitrogen and oxygen atoms in total. The Bertz CT molecular complexity index is 1530. The van der Waals surface area contributed by atoms with Crippen LogP contribution in [-0.4, -0.2) is 30.4 Å². The van der Waals surface area contributed by atoms with Gasteiger partial charge in [-0.15, -0.1) is 5.11 Å². The van der Waals surface area contributed by atoms with E-state index in [0.29, 0.717) is 28.3 Å². The first-order chi connectivity index (χ1) is 16.3. The van der Waals surface area contributed by atoms with E-state index in [9.17, 15) is 14.9 Å². The Morgan fingerprint density at radius 1 is 1.06 bits per heavy atom. The van der Waals surface area contributed by atoms with Crippen LogP contribution >= 0.6 is 0 Å². The number of aryl methyl sites for hydroxylation is 1. The average Bonchev–Trinajstić information content (AvgIpc) is 3.12. The van der Waals surface area contributed by atoms with E-state index >= 15 is 0 Å². The second-order valence-electron chi connectivity index (χ2n) is 7.46. The first-order valence-corrected chi connectivity index (χ1v) is 10.2. The molecule has 2 aromatic heterocycles. The minimum atomic E-state index is -1.02. The van der Waals surface area contributed by atoms with Crippen LogP contribution in [0.25, 0.3) is 17.2 Å². The number of carboxylic acid groups (broad SMARTS) is 1. The molecule has 34 heavy (non-hydrogen) atoms. The maximum atomic E-state index is 13.0. The van der Waals surface area contributed by atoms with Gasteiger partial charge in [0.05, 0.1) is 28.3 Å². The summed E-state index contributed by atoms with van der Waals surface area (Å²) in [6, 6.07) is 17.0. The quantitative estimate of drug-likeness (QED) is 0.449. The largest absolute Gasteiger partial charge is 0.478 e. The Labute approximate surface area is 194 Å². The third kappa shape index (κ3) is 3.98. The maximum absolute atomic E-state index is 13.0. The minimum Gasteiger partial charge on any atom is -0.478 e. The van der Waals surface area contributed by atoms with Crippen LogP contribution in [0.4, 0.5) is 11.4 Å². The fourth-order valence-corrected chi connectivity index (χ4v) is 3.44. The molecule has 4 aromatic rings. The van der Waals surface area contributed by atoms with Gasteiger partial charge in [-0.1, -0.05) is 30.3 Å². The molecule has 2 aromatic carbocycles. The number of carbonyl (C=O) groups is 1. The summed E-state index contributed by atoms with van der Waals surface area (Å²) in [5.41, 5.74) is 2.65. The molecule has 0 aliphatic carbocycles. The molecule has 0 spiro atoms. The number of carboxylic acids is 1. The highest BCUT2D eigenvalue weighted by Crippen LogP contribution is 2.28. The van der Waals surface area contributed by atoms with E-state index in [1.54, 1.807) is 50.2 Å².